The zero-order chi connectivity index (χ0) is 16.2. The third kappa shape index (κ3) is 7.04. The Kier molecular flexibility index (Phi) is 8.60. The van der Waals surface area contributed by atoms with Gasteiger partial charge in [-0.2, -0.15) is 0 Å². The smallest absolute Gasteiger partial charge is 0.404 e. The van der Waals surface area contributed by atoms with E-state index >= 15 is 0 Å². The van der Waals surface area contributed by atoms with E-state index in [1.54, 1.807) is 6.08 Å². The van der Waals surface area contributed by atoms with Gasteiger partial charge in [-0.25, -0.2) is 4.79 Å². The van der Waals surface area contributed by atoms with Crippen molar-refractivity contribution in [2.75, 3.05) is 13.2 Å². The van der Waals surface area contributed by atoms with Crippen LogP contribution in [-0.4, -0.2) is 30.1 Å². The summed E-state index contributed by atoms with van der Waals surface area (Å²) >= 11 is 0. The average molecular weight is 305 g/mol. The maximum Gasteiger partial charge on any atom is 0.404 e. The largest absolute Gasteiger partial charge is 0.465 e. The molecule has 0 aliphatic carbocycles. The lowest BCUT2D eigenvalue weighted by Crippen LogP contribution is -2.21. The van der Waals surface area contributed by atoms with E-state index in [1.807, 2.05) is 24.3 Å². The first-order valence-corrected chi connectivity index (χ1v) is 7.41. The maximum absolute atomic E-state index is 12.3. The van der Waals surface area contributed by atoms with Crippen LogP contribution in [0.25, 0.3) is 0 Å². The third-order valence-corrected chi connectivity index (χ3v) is 3.17. The van der Waals surface area contributed by atoms with Gasteiger partial charge in [0.25, 0.3) is 0 Å². The first kappa shape index (κ1) is 17.9. The summed E-state index contributed by atoms with van der Waals surface area (Å²) in [5.74, 6) is 0.101. The number of carbonyl (C=O) groups excluding carboxylic acids is 1. The minimum absolute atomic E-state index is 0.101. The standard InChI is InChI=1S/C17H23NO4/c1-2-12-22-13-14-8-5-6-9-15(14)16(19)10-4-3-7-11-18-17(20)21/h2,5-6,8-9,18H,1,3-4,7,10-13H2,(H,20,21). The number of carboxylic acid groups (broad SMARTS) is 1. The van der Waals surface area contributed by atoms with Crippen molar-refractivity contribution in [3.63, 3.8) is 0 Å². The van der Waals surface area contributed by atoms with E-state index in [9.17, 15) is 9.59 Å². The average Bonchev–Trinajstić information content (AvgIpc) is 2.51. The van der Waals surface area contributed by atoms with Crippen LogP contribution in [0.4, 0.5) is 4.79 Å². The van der Waals surface area contributed by atoms with Crippen LogP contribution in [0.15, 0.2) is 36.9 Å². The Morgan fingerprint density at radius 1 is 1.23 bits per heavy atom. The number of Topliss-reactive ketones (excluding diaryl/α,β-unsaturated/α-hetero) is 1. The van der Waals surface area contributed by atoms with E-state index in [0.717, 1.165) is 24.8 Å². The summed E-state index contributed by atoms with van der Waals surface area (Å²) in [6.07, 6.45) is 3.44. The molecule has 0 saturated heterocycles. The molecule has 0 heterocycles. The topological polar surface area (TPSA) is 75.6 Å². The van der Waals surface area contributed by atoms with Crippen LogP contribution in [0.1, 0.15) is 41.6 Å². The van der Waals surface area contributed by atoms with Gasteiger partial charge >= 0.3 is 6.09 Å². The van der Waals surface area contributed by atoms with E-state index < -0.39 is 6.09 Å². The van der Waals surface area contributed by atoms with Crippen LogP contribution in [0.2, 0.25) is 0 Å². The van der Waals surface area contributed by atoms with Crippen molar-refractivity contribution in [1.29, 1.82) is 0 Å². The number of hydrogen-bond acceptors (Lipinski definition) is 3. The summed E-state index contributed by atoms with van der Waals surface area (Å²) in [5, 5.41) is 10.8. The highest BCUT2D eigenvalue weighted by molar-refractivity contribution is 5.97. The second-order valence-corrected chi connectivity index (χ2v) is 4.93. The predicted octanol–water partition coefficient (Wildman–Crippen LogP) is 3.40. The monoisotopic (exact) mass is 305 g/mol. The van der Waals surface area contributed by atoms with Gasteiger partial charge in [-0.3, -0.25) is 4.79 Å². The molecule has 5 heteroatoms. The summed E-state index contributed by atoms with van der Waals surface area (Å²) < 4.78 is 5.41. The SMILES string of the molecule is C=CCOCc1ccccc1C(=O)CCCCCNC(=O)O. The molecule has 0 saturated carbocycles. The van der Waals surface area contributed by atoms with Crippen LogP contribution >= 0.6 is 0 Å². The molecule has 1 aromatic rings. The van der Waals surface area contributed by atoms with E-state index in [4.69, 9.17) is 9.84 Å². The number of benzene rings is 1. The molecule has 0 bridgehead atoms. The van der Waals surface area contributed by atoms with Crippen LogP contribution in [0, 0.1) is 0 Å². The molecule has 0 fully saturated rings. The normalized spacial score (nSPS) is 10.2. The van der Waals surface area contributed by atoms with Gasteiger partial charge in [0.1, 0.15) is 0 Å². The van der Waals surface area contributed by atoms with Gasteiger partial charge < -0.3 is 15.2 Å². The molecule has 2 N–H and O–H groups in total. The summed E-state index contributed by atoms with van der Waals surface area (Å²) in [6, 6.07) is 7.45. The molecule has 0 aliphatic rings. The Morgan fingerprint density at radius 3 is 2.73 bits per heavy atom. The van der Waals surface area contributed by atoms with Crippen LogP contribution < -0.4 is 5.32 Å². The highest BCUT2D eigenvalue weighted by Crippen LogP contribution is 2.14. The molecule has 5 nitrogen and oxygen atoms in total. The van der Waals surface area contributed by atoms with Gasteiger partial charge in [0.05, 0.1) is 13.2 Å². The number of ether oxygens (including phenoxy) is 1. The van der Waals surface area contributed by atoms with Crippen LogP contribution in [-0.2, 0) is 11.3 Å². The number of ketones is 1. The van der Waals surface area contributed by atoms with E-state index in [0.29, 0.717) is 31.7 Å². The molecule has 1 aromatic carbocycles. The Bertz CT molecular complexity index is 499. The van der Waals surface area contributed by atoms with Crippen molar-refractivity contribution in [3.05, 3.63) is 48.0 Å². The minimum atomic E-state index is -1.01. The Morgan fingerprint density at radius 2 is 2.00 bits per heavy atom. The molecule has 120 valence electrons. The molecular formula is C17H23NO4. The van der Waals surface area contributed by atoms with Crippen molar-refractivity contribution in [1.82, 2.24) is 5.32 Å². The summed E-state index contributed by atoms with van der Waals surface area (Å²) in [7, 11) is 0. The zero-order valence-electron chi connectivity index (χ0n) is 12.7. The van der Waals surface area contributed by atoms with Crippen molar-refractivity contribution >= 4 is 11.9 Å². The van der Waals surface area contributed by atoms with Gasteiger partial charge in [-0.1, -0.05) is 36.8 Å². The fourth-order valence-corrected chi connectivity index (χ4v) is 2.09. The molecule has 22 heavy (non-hydrogen) atoms. The fourth-order valence-electron chi connectivity index (χ4n) is 2.09. The zero-order valence-corrected chi connectivity index (χ0v) is 12.7. The number of rotatable bonds is 11. The molecule has 0 atom stereocenters. The first-order valence-electron chi connectivity index (χ1n) is 7.41. The lowest BCUT2D eigenvalue weighted by atomic mass is 10.00. The third-order valence-electron chi connectivity index (χ3n) is 3.17. The fraction of sp³-hybridized carbons (Fsp3) is 0.412. The number of unbranched alkanes of at least 4 members (excludes halogenated alkanes) is 2. The van der Waals surface area contributed by atoms with Crippen molar-refractivity contribution in [2.45, 2.75) is 32.3 Å². The van der Waals surface area contributed by atoms with Gasteiger partial charge in [-0.15, -0.1) is 6.58 Å². The number of amides is 1. The lowest BCUT2D eigenvalue weighted by Gasteiger charge is -2.08. The van der Waals surface area contributed by atoms with Gasteiger partial charge in [0, 0.05) is 18.5 Å². The van der Waals surface area contributed by atoms with Crippen LogP contribution in [0.3, 0.4) is 0 Å². The van der Waals surface area contributed by atoms with E-state index in [-0.39, 0.29) is 5.78 Å². The number of hydrogen-bond donors (Lipinski definition) is 2. The van der Waals surface area contributed by atoms with Crippen molar-refractivity contribution in [2.24, 2.45) is 0 Å². The Hall–Kier alpha value is -2.14. The second kappa shape index (κ2) is 10.6. The second-order valence-electron chi connectivity index (χ2n) is 4.93. The lowest BCUT2D eigenvalue weighted by molar-refractivity contribution is 0.0971. The van der Waals surface area contributed by atoms with Crippen LogP contribution in [0.5, 0.6) is 0 Å². The molecule has 1 amide bonds. The van der Waals surface area contributed by atoms with Gasteiger partial charge in [0.2, 0.25) is 0 Å². The van der Waals surface area contributed by atoms with Crippen molar-refractivity contribution < 1.29 is 19.4 Å². The number of carbonyl (C=O) groups is 2. The number of nitrogens with one attached hydrogen (secondary N) is 1. The maximum atomic E-state index is 12.3. The molecule has 0 radical (unpaired) electrons. The van der Waals surface area contributed by atoms with Gasteiger partial charge in [0.15, 0.2) is 5.78 Å². The molecule has 0 aromatic heterocycles. The minimum Gasteiger partial charge on any atom is -0.465 e. The highest BCUT2D eigenvalue weighted by atomic mass is 16.5. The van der Waals surface area contributed by atoms with E-state index in [2.05, 4.69) is 11.9 Å². The Labute approximate surface area is 131 Å². The summed E-state index contributed by atoms with van der Waals surface area (Å²) in [6.45, 7) is 4.87. The van der Waals surface area contributed by atoms with E-state index in [1.165, 1.54) is 0 Å². The predicted molar refractivity (Wildman–Crippen MR) is 85.1 cm³/mol. The van der Waals surface area contributed by atoms with Gasteiger partial charge in [-0.05, 0) is 18.4 Å². The molecule has 0 unspecified atom stereocenters. The summed E-state index contributed by atoms with van der Waals surface area (Å²) in [5.41, 5.74) is 1.59. The van der Waals surface area contributed by atoms with Crippen molar-refractivity contribution in [3.8, 4) is 0 Å². The molecular weight excluding hydrogens is 282 g/mol. The Balaban J connectivity index is 2.38. The molecule has 0 aliphatic heterocycles. The summed E-state index contributed by atoms with van der Waals surface area (Å²) in [4.78, 5) is 22.5. The molecule has 1 rings (SSSR count). The first-order chi connectivity index (χ1) is 10.6. The highest BCUT2D eigenvalue weighted by Gasteiger charge is 2.10. The molecule has 0 spiro atoms. The quantitative estimate of drug-likeness (QED) is 0.373.